The molecule has 0 amide bonds. The number of rotatable bonds is 6. The Kier molecular flexibility index (Phi) is 6.45. The molecule has 0 atom stereocenters. The van der Waals surface area contributed by atoms with Crippen LogP contribution in [0.4, 0.5) is 5.82 Å². The van der Waals surface area contributed by atoms with Gasteiger partial charge in [-0.05, 0) is 38.1 Å². The molecule has 4 rings (SSSR count). The van der Waals surface area contributed by atoms with Gasteiger partial charge in [0.2, 0.25) is 0 Å². The highest BCUT2D eigenvalue weighted by Gasteiger charge is 2.21. The Balaban J connectivity index is 1.37. The number of halogens is 1. The highest BCUT2D eigenvalue weighted by molar-refractivity contribution is 6.32. The van der Waals surface area contributed by atoms with E-state index in [0.29, 0.717) is 17.5 Å². The van der Waals surface area contributed by atoms with Crippen LogP contribution in [0.2, 0.25) is 5.02 Å². The van der Waals surface area contributed by atoms with Gasteiger partial charge < -0.3 is 9.64 Å². The molecule has 1 aliphatic heterocycles. The van der Waals surface area contributed by atoms with Gasteiger partial charge in [-0.2, -0.15) is 0 Å². The van der Waals surface area contributed by atoms with E-state index < -0.39 is 0 Å². The molecule has 0 saturated carbocycles. The van der Waals surface area contributed by atoms with E-state index in [-0.39, 0.29) is 0 Å². The van der Waals surface area contributed by atoms with Crippen LogP contribution >= 0.6 is 11.6 Å². The first kappa shape index (κ1) is 20.6. The molecule has 3 heterocycles. The largest absolute Gasteiger partial charge is 0.491 e. The Hall–Kier alpha value is -2.70. The maximum atomic E-state index is 6.16. The number of hydrogen-bond acceptors (Lipinski definition) is 6. The fraction of sp³-hybridized carbons (Fsp3) is 0.348. The average molecular weight is 424 g/mol. The lowest BCUT2D eigenvalue weighted by molar-refractivity contribution is 0.200. The molecular weight excluding hydrogens is 398 g/mol. The second-order valence-corrected chi connectivity index (χ2v) is 7.81. The van der Waals surface area contributed by atoms with Crippen LogP contribution in [0.15, 0.2) is 48.7 Å². The first-order valence-corrected chi connectivity index (χ1v) is 10.6. The smallest absolute Gasteiger partial charge is 0.180 e. The topological polar surface area (TPSA) is 54.4 Å². The zero-order valence-electron chi connectivity index (χ0n) is 17.4. The van der Waals surface area contributed by atoms with Gasteiger partial charge in [0.25, 0.3) is 0 Å². The maximum absolute atomic E-state index is 6.16. The minimum absolute atomic E-state index is 0.624. The summed E-state index contributed by atoms with van der Waals surface area (Å²) in [5, 5.41) is 0.653. The molecule has 1 aromatic carbocycles. The average Bonchev–Trinajstić information content (AvgIpc) is 2.78. The normalized spacial score (nSPS) is 14.7. The van der Waals surface area contributed by atoms with E-state index in [2.05, 4.69) is 26.7 Å². The van der Waals surface area contributed by atoms with E-state index in [0.717, 1.165) is 61.2 Å². The van der Waals surface area contributed by atoms with Crippen molar-refractivity contribution in [1.29, 1.82) is 0 Å². The van der Waals surface area contributed by atoms with Crippen molar-refractivity contribution in [3.8, 4) is 17.3 Å². The lowest BCUT2D eigenvalue weighted by Gasteiger charge is -2.36. The number of piperazine rings is 1. The summed E-state index contributed by atoms with van der Waals surface area (Å²) in [6.07, 6.45) is 1.77. The van der Waals surface area contributed by atoms with Gasteiger partial charge in [-0.1, -0.05) is 29.8 Å². The molecule has 3 aromatic rings. The van der Waals surface area contributed by atoms with E-state index in [1.807, 2.05) is 49.4 Å². The molecule has 0 aliphatic carbocycles. The van der Waals surface area contributed by atoms with Crippen molar-refractivity contribution in [2.75, 3.05) is 44.2 Å². The van der Waals surface area contributed by atoms with Crippen molar-refractivity contribution in [2.24, 2.45) is 0 Å². The van der Waals surface area contributed by atoms with Gasteiger partial charge in [-0.25, -0.2) is 9.97 Å². The molecular formula is C23H26ClN5O. The summed E-state index contributed by atoms with van der Waals surface area (Å²) in [6, 6.07) is 13.4. The van der Waals surface area contributed by atoms with E-state index in [1.165, 1.54) is 0 Å². The second kappa shape index (κ2) is 9.41. The highest BCUT2D eigenvalue weighted by atomic mass is 35.5. The van der Waals surface area contributed by atoms with Crippen molar-refractivity contribution in [3.05, 3.63) is 64.9 Å². The Bertz CT molecular complexity index is 990. The number of para-hydroxylation sites is 1. The van der Waals surface area contributed by atoms with Crippen molar-refractivity contribution in [3.63, 3.8) is 0 Å². The molecule has 1 saturated heterocycles. The minimum atomic E-state index is 0.624. The first-order chi connectivity index (χ1) is 14.6. The molecule has 0 radical (unpaired) electrons. The molecule has 0 unspecified atom stereocenters. The number of pyridine rings is 1. The molecule has 2 aromatic heterocycles. The van der Waals surface area contributed by atoms with E-state index in [4.69, 9.17) is 21.3 Å². The van der Waals surface area contributed by atoms with Gasteiger partial charge in [0.15, 0.2) is 5.82 Å². The molecule has 6 nitrogen and oxygen atoms in total. The molecule has 0 bridgehead atoms. The van der Waals surface area contributed by atoms with Crippen LogP contribution < -0.4 is 9.64 Å². The molecule has 156 valence electrons. The van der Waals surface area contributed by atoms with Crippen molar-refractivity contribution in [2.45, 2.75) is 13.8 Å². The predicted octanol–water partition coefficient (Wildman–Crippen LogP) is 4.01. The van der Waals surface area contributed by atoms with E-state index >= 15 is 0 Å². The van der Waals surface area contributed by atoms with Crippen LogP contribution in [-0.4, -0.2) is 59.2 Å². The van der Waals surface area contributed by atoms with Gasteiger partial charge >= 0.3 is 0 Å². The summed E-state index contributed by atoms with van der Waals surface area (Å²) in [6.45, 7) is 9.40. The van der Waals surface area contributed by atoms with Gasteiger partial charge in [0.1, 0.15) is 23.9 Å². The summed E-state index contributed by atoms with van der Waals surface area (Å²) in [5.41, 5.74) is 2.93. The summed E-state index contributed by atoms with van der Waals surface area (Å²) < 4.78 is 5.84. The maximum Gasteiger partial charge on any atom is 0.180 e. The Morgan fingerprint density at radius 1 is 0.967 bits per heavy atom. The summed E-state index contributed by atoms with van der Waals surface area (Å²) in [7, 11) is 0. The number of anilines is 1. The second-order valence-electron chi connectivity index (χ2n) is 7.40. The lowest BCUT2D eigenvalue weighted by Crippen LogP contribution is -2.48. The summed E-state index contributed by atoms with van der Waals surface area (Å²) >= 11 is 6.16. The number of ether oxygens (including phenoxy) is 1. The molecule has 0 N–H and O–H groups in total. The van der Waals surface area contributed by atoms with Crippen LogP contribution in [0.3, 0.4) is 0 Å². The first-order valence-electron chi connectivity index (χ1n) is 10.2. The van der Waals surface area contributed by atoms with Gasteiger partial charge in [-0.15, -0.1) is 0 Å². The number of aryl methyl sites for hydroxylation is 1. The fourth-order valence-corrected chi connectivity index (χ4v) is 3.75. The Morgan fingerprint density at radius 3 is 2.47 bits per heavy atom. The van der Waals surface area contributed by atoms with Crippen LogP contribution in [0.1, 0.15) is 11.3 Å². The highest BCUT2D eigenvalue weighted by Crippen LogP contribution is 2.25. The van der Waals surface area contributed by atoms with Crippen LogP contribution in [0.5, 0.6) is 5.75 Å². The Morgan fingerprint density at radius 2 is 1.73 bits per heavy atom. The predicted molar refractivity (Wildman–Crippen MR) is 120 cm³/mol. The third-order valence-electron chi connectivity index (χ3n) is 5.43. The quantitative estimate of drug-likeness (QED) is 0.597. The summed E-state index contributed by atoms with van der Waals surface area (Å²) in [4.78, 5) is 18.7. The molecule has 1 fully saturated rings. The number of benzene rings is 1. The fourth-order valence-electron chi connectivity index (χ4n) is 3.56. The molecule has 0 spiro atoms. The zero-order valence-corrected chi connectivity index (χ0v) is 18.1. The van der Waals surface area contributed by atoms with E-state index in [9.17, 15) is 0 Å². The number of aromatic nitrogens is 3. The number of nitrogens with zero attached hydrogens (tertiary/aromatic N) is 5. The molecule has 30 heavy (non-hydrogen) atoms. The minimum Gasteiger partial charge on any atom is -0.491 e. The van der Waals surface area contributed by atoms with Crippen molar-refractivity contribution in [1.82, 2.24) is 19.9 Å². The molecule has 1 aliphatic rings. The summed E-state index contributed by atoms with van der Waals surface area (Å²) in [5.74, 6) is 2.44. The SMILES string of the molecule is Cc1nc(-c2ccccn2)nc(N2CCN(CCOc3ccccc3Cl)CC2)c1C. The monoisotopic (exact) mass is 423 g/mol. The standard InChI is InChI=1S/C23H26ClN5O/c1-17-18(2)26-22(20-8-5-6-10-25-20)27-23(17)29-13-11-28(12-14-29)15-16-30-21-9-4-3-7-19(21)24/h3-10H,11-16H2,1-2H3. The van der Waals surface area contributed by atoms with Crippen LogP contribution in [0, 0.1) is 13.8 Å². The van der Waals surface area contributed by atoms with Crippen LogP contribution in [0.25, 0.3) is 11.5 Å². The number of hydrogen-bond donors (Lipinski definition) is 0. The van der Waals surface area contributed by atoms with Crippen molar-refractivity contribution >= 4 is 17.4 Å². The molecule has 7 heteroatoms. The van der Waals surface area contributed by atoms with Gasteiger partial charge in [0.05, 0.1) is 5.02 Å². The van der Waals surface area contributed by atoms with Gasteiger partial charge in [0, 0.05) is 50.2 Å². The third kappa shape index (κ3) is 4.71. The van der Waals surface area contributed by atoms with Crippen molar-refractivity contribution < 1.29 is 4.74 Å². The zero-order chi connectivity index (χ0) is 20.9. The van der Waals surface area contributed by atoms with E-state index in [1.54, 1.807) is 6.20 Å². The Labute approximate surface area is 182 Å². The third-order valence-corrected chi connectivity index (χ3v) is 5.74. The lowest BCUT2D eigenvalue weighted by atomic mass is 10.2. The van der Waals surface area contributed by atoms with Gasteiger partial charge in [-0.3, -0.25) is 9.88 Å². The van der Waals surface area contributed by atoms with Crippen LogP contribution in [-0.2, 0) is 0 Å².